The topological polar surface area (TPSA) is 25.8 Å². The number of aryl methyl sites for hydroxylation is 7. The molecule has 0 radical (unpaired) electrons. The van der Waals surface area contributed by atoms with E-state index in [1.807, 2.05) is 17.5 Å². The number of rotatable bonds is 4. The number of allylic oxidation sites excluding steroid dienone is 1. The van der Waals surface area contributed by atoms with Gasteiger partial charge in [0.15, 0.2) is 0 Å². The molecule has 0 fully saturated rings. The Labute approximate surface area is 326 Å². The summed E-state index contributed by atoms with van der Waals surface area (Å²) in [4.78, 5) is 12.2. The highest BCUT2D eigenvalue weighted by molar-refractivity contribution is 7.20. The van der Waals surface area contributed by atoms with Gasteiger partial charge in [0.05, 0.1) is 22.9 Å². The Morgan fingerprint density at radius 1 is 0.527 bits per heavy atom. The molecule has 10 rings (SSSR count). The molecule has 2 nitrogen and oxygen atoms in total. The zero-order chi connectivity index (χ0) is 37.5. The van der Waals surface area contributed by atoms with Gasteiger partial charge in [-0.3, -0.25) is 4.98 Å². The number of hydrogen-bond donors (Lipinski definition) is 0. The van der Waals surface area contributed by atoms with Gasteiger partial charge in [0.25, 0.3) is 0 Å². The number of fused-ring (bicyclic) bond motifs is 9. The van der Waals surface area contributed by atoms with Gasteiger partial charge in [-0.15, -0.1) is 11.3 Å². The SMILES string of the molecule is Cc1cc(C)c(-c2ccc3c(c2)c2cc(-c4c(C)cc(C)cc4C)ccc2c2nc(-c4cccc(-c5cccc6c7c(sc56)CCC=C7)c4)cnc32)c(C)c1. The smallest absolute Gasteiger partial charge is 0.0979 e. The van der Waals surface area contributed by atoms with Crippen molar-refractivity contribution in [2.24, 2.45) is 0 Å². The Bertz CT molecular complexity index is 3060. The summed E-state index contributed by atoms with van der Waals surface area (Å²) >= 11 is 1.95. The molecule has 0 unspecified atom stereocenters. The van der Waals surface area contributed by atoms with Crippen LogP contribution in [0.5, 0.6) is 0 Å². The number of aromatic nitrogens is 2. The highest BCUT2D eigenvalue weighted by Crippen LogP contribution is 2.43. The minimum Gasteiger partial charge on any atom is -0.252 e. The first-order valence-electron chi connectivity index (χ1n) is 19.4. The highest BCUT2D eigenvalue weighted by Gasteiger charge is 2.19. The Morgan fingerprint density at radius 3 is 1.78 bits per heavy atom. The third kappa shape index (κ3) is 5.52. The van der Waals surface area contributed by atoms with Gasteiger partial charge in [-0.25, -0.2) is 4.98 Å². The lowest BCUT2D eigenvalue weighted by molar-refractivity contribution is 1.02. The molecule has 0 N–H and O–H groups in total. The average Bonchev–Trinajstić information content (AvgIpc) is 3.56. The van der Waals surface area contributed by atoms with Crippen LogP contribution < -0.4 is 0 Å². The molecule has 0 amide bonds. The summed E-state index contributed by atoms with van der Waals surface area (Å²) in [6.45, 7) is 13.3. The predicted molar refractivity (Wildman–Crippen MR) is 237 cm³/mol. The fourth-order valence-corrected chi connectivity index (χ4v) is 10.8. The molecular formula is C52H42N2S. The van der Waals surface area contributed by atoms with E-state index in [0.717, 1.165) is 45.9 Å². The minimum atomic E-state index is 0.882. The van der Waals surface area contributed by atoms with Crippen molar-refractivity contribution < 1.29 is 0 Å². The van der Waals surface area contributed by atoms with E-state index >= 15 is 0 Å². The molecule has 9 aromatic rings. The van der Waals surface area contributed by atoms with Crippen LogP contribution in [-0.2, 0) is 6.42 Å². The summed E-state index contributed by atoms with van der Waals surface area (Å²) < 4.78 is 1.36. The number of nitrogens with zero attached hydrogens (tertiary/aromatic N) is 2. The molecule has 1 aliphatic rings. The molecule has 2 heterocycles. The van der Waals surface area contributed by atoms with Gasteiger partial charge in [0.2, 0.25) is 0 Å². The number of thiophene rings is 1. The lowest BCUT2D eigenvalue weighted by Gasteiger charge is -2.17. The van der Waals surface area contributed by atoms with Gasteiger partial charge in [-0.1, -0.05) is 108 Å². The summed E-state index contributed by atoms with van der Waals surface area (Å²) in [6.07, 6.45) is 8.84. The lowest BCUT2D eigenvalue weighted by Crippen LogP contribution is -1.95. The predicted octanol–water partition coefficient (Wildman–Crippen LogP) is 14.6. The van der Waals surface area contributed by atoms with Gasteiger partial charge >= 0.3 is 0 Å². The Kier molecular flexibility index (Phi) is 7.87. The van der Waals surface area contributed by atoms with Crippen LogP contribution in [0.2, 0.25) is 0 Å². The quantitative estimate of drug-likeness (QED) is 0.169. The van der Waals surface area contributed by atoms with Crippen molar-refractivity contribution in [3.63, 3.8) is 0 Å². The molecule has 7 aromatic carbocycles. The van der Waals surface area contributed by atoms with Crippen LogP contribution in [0.3, 0.4) is 0 Å². The normalized spacial score (nSPS) is 12.7. The standard InChI is InChI=1S/C52H42N2S/c1-29-21-31(3)48(32(4)22-29)37-17-19-41-44(26-37)45-27-38(49-33(5)23-30(2)24-34(49)6)18-20-42(45)51-50(41)53-28-46(54-51)36-12-9-11-35(25-36)39-14-10-15-43-40-13-7-8-16-47(40)55-52(39)43/h7,9-15,17-28H,8,16H2,1-6H3. The van der Waals surface area contributed by atoms with E-state index < -0.39 is 0 Å². The van der Waals surface area contributed by atoms with E-state index in [2.05, 4.69) is 157 Å². The van der Waals surface area contributed by atoms with Crippen molar-refractivity contribution in [3.05, 3.63) is 159 Å². The van der Waals surface area contributed by atoms with Crippen LogP contribution in [0.1, 0.15) is 50.2 Å². The minimum absolute atomic E-state index is 0.882. The van der Waals surface area contributed by atoms with E-state index in [1.54, 1.807) is 0 Å². The summed E-state index contributed by atoms with van der Waals surface area (Å²) in [7, 11) is 0. The van der Waals surface area contributed by atoms with Crippen molar-refractivity contribution in [2.45, 2.75) is 54.4 Å². The molecule has 0 aliphatic heterocycles. The summed E-state index contributed by atoms with van der Waals surface area (Å²) in [5.74, 6) is 0. The fraction of sp³-hybridized carbons (Fsp3) is 0.154. The van der Waals surface area contributed by atoms with Crippen LogP contribution in [-0.4, -0.2) is 9.97 Å². The first-order chi connectivity index (χ1) is 26.7. The first-order valence-corrected chi connectivity index (χ1v) is 20.2. The Hall–Kier alpha value is -5.90. The van der Waals surface area contributed by atoms with Gasteiger partial charge in [0, 0.05) is 31.3 Å². The molecule has 55 heavy (non-hydrogen) atoms. The molecule has 0 spiro atoms. The van der Waals surface area contributed by atoms with Crippen LogP contribution in [0.4, 0.5) is 0 Å². The second kappa shape index (κ2) is 12.9. The molecule has 266 valence electrons. The van der Waals surface area contributed by atoms with Crippen molar-refractivity contribution in [1.29, 1.82) is 0 Å². The van der Waals surface area contributed by atoms with E-state index in [9.17, 15) is 0 Å². The van der Waals surface area contributed by atoms with Crippen LogP contribution in [0.25, 0.3) is 93.4 Å². The van der Waals surface area contributed by atoms with Crippen LogP contribution >= 0.6 is 11.3 Å². The van der Waals surface area contributed by atoms with E-state index in [1.165, 1.54) is 98.1 Å². The van der Waals surface area contributed by atoms with Gasteiger partial charge in [0.1, 0.15) is 0 Å². The summed E-state index contributed by atoms with van der Waals surface area (Å²) in [5.41, 5.74) is 20.5. The van der Waals surface area contributed by atoms with Crippen LogP contribution in [0.15, 0.2) is 115 Å². The zero-order valence-electron chi connectivity index (χ0n) is 32.3. The Morgan fingerprint density at radius 2 is 1.13 bits per heavy atom. The number of hydrogen-bond acceptors (Lipinski definition) is 3. The third-order valence-electron chi connectivity index (χ3n) is 11.7. The second-order valence-corrected chi connectivity index (χ2v) is 16.8. The molecule has 0 bridgehead atoms. The van der Waals surface area contributed by atoms with Crippen LogP contribution in [0, 0.1) is 41.5 Å². The van der Waals surface area contributed by atoms with E-state index in [4.69, 9.17) is 9.97 Å². The summed E-state index contributed by atoms with van der Waals surface area (Å²) in [5, 5.41) is 6.00. The molecular weight excluding hydrogens is 685 g/mol. The Balaban J connectivity index is 1.19. The molecule has 2 aromatic heterocycles. The van der Waals surface area contributed by atoms with Gasteiger partial charge in [-0.05, 0) is 145 Å². The monoisotopic (exact) mass is 726 g/mol. The van der Waals surface area contributed by atoms with Crippen molar-refractivity contribution in [3.8, 4) is 44.6 Å². The molecule has 1 aliphatic carbocycles. The maximum Gasteiger partial charge on any atom is 0.0979 e. The maximum atomic E-state index is 5.47. The largest absolute Gasteiger partial charge is 0.252 e. The average molecular weight is 727 g/mol. The maximum absolute atomic E-state index is 5.47. The molecule has 3 heteroatoms. The zero-order valence-corrected chi connectivity index (χ0v) is 33.1. The number of benzene rings is 7. The third-order valence-corrected chi connectivity index (χ3v) is 13.0. The first kappa shape index (κ1) is 33.7. The molecule has 0 atom stereocenters. The second-order valence-electron chi connectivity index (χ2n) is 15.7. The van der Waals surface area contributed by atoms with E-state index in [0.29, 0.717) is 0 Å². The lowest BCUT2D eigenvalue weighted by atomic mass is 9.88. The van der Waals surface area contributed by atoms with Crippen molar-refractivity contribution >= 4 is 60.1 Å². The van der Waals surface area contributed by atoms with Crippen molar-refractivity contribution in [1.82, 2.24) is 9.97 Å². The van der Waals surface area contributed by atoms with Gasteiger partial charge in [-0.2, -0.15) is 0 Å². The van der Waals surface area contributed by atoms with E-state index in [-0.39, 0.29) is 0 Å². The highest BCUT2D eigenvalue weighted by atomic mass is 32.1. The molecule has 0 saturated carbocycles. The fourth-order valence-electron chi connectivity index (χ4n) is 9.49. The molecule has 0 saturated heterocycles. The summed E-state index contributed by atoms with van der Waals surface area (Å²) in [6, 6.07) is 38.7. The van der Waals surface area contributed by atoms with Crippen molar-refractivity contribution in [2.75, 3.05) is 0 Å². The van der Waals surface area contributed by atoms with Gasteiger partial charge < -0.3 is 0 Å².